The Labute approximate surface area is 105 Å². The topological polar surface area (TPSA) is 26.0 Å². The molecule has 0 unspecified atom stereocenters. The van der Waals surface area contributed by atoms with Gasteiger partial charge >= 0.3 is 0 Å². The molecule has 0 aliphatic rings. The molecule has 0 atom stereocenters. The van der Waals surface area contributed by atoms with Gasteiger partial charge < -0.3 is 5.73 Å². The highest BCUT2D eigenvalue weighted by atomic mass is 32.2. The Kier molecular flexibility index (Phi) is 3.38. The summed E-state index contributed by atoms with van der Waals surface area (Å²) in [7, 11) is 0. The lowest BCUT2D eigenvalue weighted by Gasteiger charge is -2.09. The van der Waals surface area contributed by atoms with Crippen molar-refractivity contribution in [3.05, 3.63) is 53.3 Å². The van der Waals surface area contributed by atoms with Crippen LogP contribution in [0.25, 0.3) is 0 Å². The van der Waals surface area contributed by atoms with Gasteiger partial charge in [-0.15, -0.1) is 0 Å². The van der Waals surface area contributed by atoms with Crippen LogP contribution in [0.3, 0.4) is 0 Å². The lowest BCUT2D eigenvalue weighted by atomic mass is 10.1. The third-order valence-corrected chi connectivity index (χ3v) is 3.65. The molecule has 0 bridgehead atoms. The summed E-state index contributed by atoms with van der Waals surface area (Å²) < 4.78 is 13.5. The molecule has 0 heterocycles. The summed E-state index contributed by atoms with van der Waals surface area (Å²) in [5.74, 6) is -0.190. The summed E-state index contributed by atoms with van der Waals surface area (Å²) in [6.07, 6.45) is 0. The Bertz CT molecular complexity index is 529. The zero-order chi connectivity index (χ0) is 12.4. The Balaban J connectivity index is 2.34. The van der Waals surface area contributed by atoms with Crippen molar-refractivity contribution in [3.63, 3.8) is 0 Å². The van der Waals surface area contributed by atoms with Crippen LogP contribution in [-0.4, -0.2) is 0 Å². The van der Waals surface area contributed by atoms with Gasteiger partial charge in [-0.05, 0) is 49.2 Å². The Morgan fingerprint density at radius 1 is 1.06 bits per heavy atom. The van der Waals surface area contributed by atoms with Gasteiger partial charge in [0.25, 0.3) is 0 Å². The number of aryl methyl sites for hydroxylation is 2. The Hall–Kier alpha value is -1.48. The highest BCUT2D eigenvalue weighted by molar-refractivity contribution is 7.99. The third kappa shape index (κ3) is 2.61. The first-order chi connectivity index (χ1) is 8.08. The van der Waals surface area contributed by atoms with E-state index in [1.165, 1.54) is 17.8 Å². The maximum absolute atomic E-state index is 13.5. The fourth-order valence-corrected chi connectivity index (χ4v) is 2.69. The fourth-order valence-electron chi connectivity index (χ4n) is 1.65. The normalized spacial score (nSPS) is 10.5. The second-order valence-electron chi connectivity index (χ2n) is 4.00. The molecule has 2 rings (SSSR count). The first-order valence-corrected chi connectivity index (χ1v) is 6.18. The van der Waals surface area contributed by atoms with Crippen LogP contribution in [0, 0.1) is 19.7 Å². The number of nitrogens with two attached hydrogens (primary N) is 1. The maximum atomic E-state index is 13.5. The van der Waals surface area contributed by atoms with Crippen molar-refractivity contribution >= 4 is 17.4 Å². The van der Waals surface area contributed by atoms with E-state index in [0.717, 1.165) is 21.7 Å². The van der Waals surface area contributed by atoms with Crippen molar-refractivity contribution in [2.45, 2.75) is 23.6 Å². The minimum Gasteiger partial charge on any atom is -0.398 e. The smallest absolute Gasteiger partial charge is 0.137 e. The molecule has 3 heteroatoms. The predicted molar refractivity (Wildman–Crippen MR) is 70.9 cm³/mol. The third-order valence-electron chi connectivity index (χ3n) is 2.63. The number of anilines is 1. The summed E-state index contributed by atoms with van der Waals surface area (Å²) in [6.45, 7) is 3.93. The van der Waals surface area contributed by atoms with Crippen LogP contribution in [0.5, 0.6) is 0 Å². The molecule has 17 heavy (non-hydrogen) atoms. The van der Waals surface area contributed by atoms with E-state index in [0.29, 0.717) is 4.90 Å². The number of nitrogen functional groups attached to an aromatic ring is 1. The first kappa shape index (κ1) is 12.0. The summed E-state index contributed by atoms with van der Waals surface area (Å²) in [6, 6.07) is 10.8. The molecular weight excluding hydrogens is 233 g/mol. The van der Waals surface area contributed by atoms with Crippen LogP contribution in [0.4, 0.5) is 10.1 Å². The van der Waals surface area contributed by atoms with E-state index in [4.69, 9.17) is 5.73 Å². The molecular formula is C14H14FNS. The molecule has 0 radical (unpaired) electrons. The monoisotopic (exact) mass is 247 g/mol. The zero-order valence-corrected chi connectivity index (χ0v) is 10.6. The molecule has 88 valence electrons. The minimum absolute atomic E-state index is 0.190. The summed E-state index contributed by atoms with van der Waals surface area (Å²) >= 11 is 1.42. The summed E-state index contributed by atoms with van der Waals surface area (Å²) in [4.78, 5) is 1.65. The van der Waals surface area contributed by atoms with Crippen molar-refractivity contribution in [2.24, 2.45) is 0 Å². The molecule has 0 saturated carbocycles. The van der Waals surface area contributed by atoms with E-state index in [1.54, 1.807) is 12.1 Å². The van der Waals surface area contributed by atoms with Crippen molar-refractivity contribution < 1.29 is 4.39 Å². The van der Waals surface area contributed by atoms with Gasteiger partial charge in [0.1, 0.15) is 5.82 Å². The van der Waals surface area contributed by atoms with Crippen molar-refractivity contribution in [1.82, 2.24) is 0 Å². The largest absolute Gasteiger partial charge is 0.398 e. The first-order valence-electron chi connectivity index (χ1n) is 5.37. The zero-order valence-electron chi connectivity index (χ0n) is 9.83. The minimum atomic E-state index is -0.190. The Morgan fingerprint density at radius 2 is 1.65 bits per heavy atom. The van der Waals surface area contributed by atoms with E-state index in [1.807, 2.05) is 32.0 Å². The molecule has 2 aromatic rings. The van der Waals surface area contributed by atoms with E-state index in [9.17, 15) is 4.39 Å². The molecule has 2 aromatic carbocycles. The molecule has 0 fully saturated rings. The number of hydrogen-bond acceptors (Lipinski definition) is 2. The van der Waals surface area contributed by atoms with Crippen LogP contribution in [-0.2, 0) is 0 Å². The van der Waals surface area contributed by atoms with Gasteiger partial charge in [0.2, 0.25) is 0 Å². The second-order valence-corrected chi connectivity index (χ2v) is 5.12. The van der Waals surface area contributed by atoms with Crippen LogP contribution in [0.2, 0.25) is 0 Å². The highest BCUT2D eigenvalue weighted by Crippen LogP contribution is 2.32. The molecule has 0 amide bonds. The van der Waals surface area contributed by atoms with E-state index in [2.05, 4.69) is 0 Å². The molecule has 0 aliphatic carbocycles. The van der Waals surface area contributed by atoms with Gasteiger partial charge in [-0.25, -0.2) is 4.39 Å². The SMILES string of the molecule is Cc1cc(Sc2ccccc2F)cc(C)c1N. The quantitative estimate of drug-likeness (QED) is 0.806. The van der Waals surface area contributed by atoms with Gasteiger partial charge in [0, 0.05) is 15.5 Å². The van der Waals surface area contributed by atoms with Crippen molar-refractivity contribution in [3.8, 4) is 0 Å². The lowest BCUT2D eigenvalue weighted by molar-refractivity contribution is 0.602. The van der Waals surface area contributed by atoms with E-state index >= 15 is 0 Å². The second kappa shape index (κ2) is 4.80. The predicted octanol–water partition coefficient (Wildman–Crippen LogP) is 4.18. The molecule has 0 aromatic heterocycles. The van der Waals surface area contributed by atoms with Crippen LogP contribution in [0.1, 0.15) is 11.1 Å². The average molecular weight is 247 g/mol. The lowest BCUT2D eigenvalue weighted by Crippen LogP contribution is -1.93. The molecule has 0 aliphatic heterocycles. The fraction of sp³-hybridized carbons (Fsp3) is 0.143. The number of benzene rings is 2. The average Bonchev–Trinajstić information content (AvgIpc) is 2.29. The highest BCUT2D eigenvalue weighted by Gasteiger charge is 2.06. The molecule has 2 N–H and O–H groups in total. The maximum Gasteiger partial charge on any atom is 0.137 e. The number of halogens is 1. The van der Waals surface area contributed by atoms with Crippen LogP contribution < -0.4 is 5.73 Å². The van der Waals surface area contributed by atoms with Gasteiger partial charge in [0.05, 0.1) is 0 Å². The van der Waals surface area contributed by atoms with E-state index < -0.39 is 0 Å². The van der Waals surface area contributed by atoms with E-state index in [-0.39, 0.29) is 5.82 Å². The van der Waals surface area contributed by atoms with Gasteiger partial charge in [-0.3, -0.25) is 0 Å². The summed E-state index contributed by atoms with van der Waals surface area (Å²) in [5, 5.41) is 0. The molecule has 0 saturated heterocycles. The van der Waals surface area contributed by atoms with Crippen LogP contribution in [0.15, 0.2) is 46.2 Å². The van der Waals surface area contributed by atoms with Crippen LogP contribution >= 0.6 is 11.8 Å². The molecule has 1 nitrogen and oxygen atoms in total. The molecule has 0 spiro atoms. The summed E-state index contributed by atoms with van der Waals surface area (Å²) in [5.41, 5.74) is 8.76. The Morgan fingerprint density at radius 3 is 2.24 bits per heavy atom. The van der Waals surface area contributed by atoms with Gasteiger partial charge in [-0.2, -0.15) is 0 Å². The number of hydrogen-bond donors (Lipinski definition) is 1. The standard InChI is InChI=1S/C14H14FNS/c1-9-7-11(8-10(2)14(9)16)17-13-6-4-3-5-12(13)15/h3-8H,16H2,1-2H3. The number of rotatable bonds is 2. The van der Waals surface area contributed by atoms with Gasteiger partial charge in [0.15, 0.2) is 0 Å². The van der Waals surface area contributed by atoms with Crippen molar-refractivity contribution in [1.29, 1.82) is 0 Å². The van der Waals surface area contributed by atoms with Gasteiger partial charge in [-0.1, -0.05) is 23.9 Å². The van der Waals surface area contributed by atoms with Crippen molar-refractivity contribution in [2.75, 3.05) is 5.73 Å².